The number of rotatable bonds is 16. The van der Waals surface area contributed by atoms with Crippen LogP contribution < -0.4 is 21.7 Å². The van der Waals surface area contributed by atoms with Crippen LogP contribution in [0.1, 0.15) is 46.5 Å². The SMILES string of the molecule is CCC(C)C(NC(=O)C(CCSC)NC(=O)C(NC(=O)C(N)CCC(=O)O)C(C)O)C(=O)O. The van der Waals surface area contributed by atoms with Gasteiger partial charge in [-0.1, -0.05) is 20.3 Å². The molecule has 0 rings (SSSR count). The molecule has 0 spiro atoms. The van der Waals surface area contributed by atoms with Gasteiger partial charge in [0.05, 0.1) is 12.1 Å². The number of aliphatic hydroxyl groups is 1. The lowest BCUT2D eigenvalue weighted by atomic mass is 9.98. The van der Waals surface area contributed by atoms with Crippen molar-refractivity contribution in [2.75, 3.05) is 12.0 Å². The zero-order valence-corrected chi connectivity index (χ0v) is 20.2. The second kappa shape index (κ2) is 15.5. The van der Waals surface area contributed by atoms with E-state index in [-0.39, 0.29) is 25.2 Å². The van der Waals surface area contributed by atoms with Gasteiger partial charge in [0, 0.05) is 6.42 Å². The number of hydrogen-bond acceptors (Lipinski definition) is 8. The molecule has 0 aliphatic heterocycles. The maximum absolute atomic E-state index is 12.8. The highest BCUT2D eigenvalue weighted by Crippen LogP contribution is 2.10. The quantitative estimate of drug-likeness (QED) is 0.138. The first-order chi connectivity index (χ1) is 15.3. The molecule has 0 bridgehead atoms. The molecule has 6 atom stereocenters. The van der Waals surface area contributed by atoms with Crippen LogP contribution in [0.3, 0.4) is 0 Å². The first-order valence-corrected chi connectivity index (χ1v) is 12.0. The number of carbonyl (C=O) groups is 5. The van der Waals surface area contributed by atoms with Crippen molar-refractivity contribution in [1.82, 2.24) is 16.0 Å². The number of hydrogen-bond donors (Lipinski definition) is 7. The Hall–Kier alpha value is -2.38. The molecule has 0 radical (unpaired) electrons. The third-order valence-electron chi connectivity index (χ3n) is 5.09. The van der Waals surface area contributed by atoms with E-state index in [9.17, 15) is 34.2 Å². The van der Waals surface area contributed by atoms with Gasteiger partial charge >= 0.3 is 11.9 Å². The van der Waals surface area contributed by atoms with E-state index < -0.39 is 59.9 Å². The number of carboxylic acid groups (broad SMARTS) is 2. The largest absolute Gasteiger partial charge is 0.481 e. The predicted molar refractivity (Wildman–Crippen MR) is 122 cm³/mol. The van der Waals surface area contributed by atoms with Crippen molar-refractivity contribution in [3.8, 4) is 0 Å². The Bertz CT molecular complexity index is 691. The number of carbonyl (C=O) groups excluding carboxylic acids is 3. The second-order valence-corrected chi connectivity index (χ2v) is 8.80. The molecule has 0 aromatic heterocycles. The molecule has 12 nitrogen and oxygen atoms in total. The smallest absolute Gasteiger partial charge is 0.326 e. The average molecular weight is 493 g/mol. The third kappa shape index (κ3) is 11.3. The number of thioether (sulfide) groups is 1. The van der Waals surface area contributed by atoms with Crippen molar-refractivity contribution in [2.45, 2.75) is 76.7 Å². The van der Waals surface area contributed by atoms with Crippen LogP contribution >= 0.6 is 11.8 Å². The van der Waals surface area contributed by atoms with Gasteiger partial charge in [0.15, 0.2) is 0 Å². The van der Waals surface area contributed by atoms with Crippen LogP contribution in [0.15, 0.2) is 0 Å². The zero-order valence-electron chi connectivity index (χ0n) is 19.4. The Morgan fingerprint density at radius 1 is 0.909 bits per heavy atom. The molecule has 0 saturated heterocycles. The Labute approximate surface area is 197 Å². The lowest BCUT2D eigenvalue weighted by Crippen LogP contribution is -2.60. The van der Waals surface area contributed by atoms with Crippen LogP contribution in [0, 0.1) is 5.92 Å². The van der Waals surface area contributed by atoms with Gasteiger partial charge in [-0.2, -0.15) is 11.8 Å². The molecule has 0 saturated carbocycles. The second-order valence-electron chi connectivity index (χ2n) is 7.82. The molecule has 0 fully saturated rings. The average Bonchev–Trinajstić information content (AvgIpc) is 2.75. The maximum Gasteiger partial charge on any atom is 0.326 e. The Kier molecular flexibility index (Phi) is 14.3. The molecule has 3 amide bonds. The fourth-order valence-corrected chi connectivity index (χ4v) is 3.25. The van der Waals surface area contributed by atoms with Crippen molar-refractivity contribution in [3.05, 3.63) is 0 Å². The van der Waals surface area contributed by atoms with Crippen LogP contribution in [0.5, 0.6) is 0 Å². The zero-order chi connectivity index (χ0) is 25.7. The standard InChI is InChI=1S/C20H36N4O8S/c1-5-10(2)15(20(31)32)23-18(29)13(8-9-33-4)22-19(30)16(11(3)25)24-17(28)12(21)6-7-14(26)27/h10-13,15-16,25H,5-9,21H2,1-4H3,(H,22,30)(H,23,29)(H,24,28)(H,26,27)(H,31,32). The van der Waals surface area contributed by atoms with Gasteiger partial charge in [-0.15, -0.1) is 0 Å². The first-order valence-electron chi connectivity index (χ1n) is 10.6. The van der Waals surface area contributed by atoms with Gasteiger partial charge in [-0.25, -0.2) is 4.79 Å². The van der Waals surface area contributed by atoms with E-state index in [0.29, 0.717) is 12.2 Å². The van der Waals surface area contributed by atoms with Crippen molar-refractivity contribution in [1.29, 1.82) is 0 Å². The molecule has 33 heavy (non-hydrogen) atoms. The molecule has 0 aromatic rings. The van der Waals surface area contributed by atoms with E-state index in [1.807, 2.05) is 0 Å². The van der Waals surface area contributed by atoms with E-state index in [1.54, 1.807) is 20.1 Å². The van der Waals surface area contributed by atoms with Gasteiger partial charge in [0.25, 0.3) is 0 Å². The highest BCUT2D eigenvalue weighted by Gasteiger charge is 2.33. The molecule has 0 aliphatic carbocycles. The number of nitrogens with two attached hydrogens (primary N) is 1. The normalized spacial score (nSPS) is 16.4. The summed E-state index contributed by atoms with van der Waals surface area (Å²) in [4.78, 5) is 60.0. The monoisotopic (exact) mass is 492 g/mol. The van der Waals surface area contributed by atoms with Crippen LogP contribution in [0.4, 0.5) is 0 Å². The van der Waals surface area contributed by atoms with Crippen molar-refractivity contribution < 1.29 is 39.3 Å². The first kappa shape index (κ1) is 30.6. The minimum Gasteiger partial charge on any atom is -0.481 e. The van der Waals surface area contributed by atoms with Crippen LogP contribution in [-0.2, 0) is 24.0 Å². The summed E-state index contributed by atoms with van der Waals surface area (Å²) in [6.07, 6.45) is 0.629. The van der Waals surface area contributed by atoms with E-state index in [1.165, 1.54) is 18.7 Å². The van der Waals surface area contributed by atoms with Gasteiger partial charge in [-0.3, -0.25) is 19.2 Å². The minimum atomic E-state index is -1.46. The number of carboxylic acids is 2. The maximum atomic E-state index is 12.8. The van der Waals surface area contributed by atoms with Crippen LogP contribution in [-0.4, -0.2) is 87.3 Å². The lowest BCUT2D eigenvalue weighted by molar-refractivity contribution is -0.144. The summed E-state index contributed by atoms with van der Waals surface area (Å²) in [5, 5.41) is 35.3. The predicted octanol–water partition coefficient (Wildman–Crippen LogP) is -1.10. The molecule has 190 valence electrons. The van der Waals surface area contributed by atoms with Crippen LogP contribution in [0.25, 0.3) is 0 Å². The Balaban J connectivity index is 5.40. The van der Waals surface area contributed by atoms with E-state index in [4.69, 9.17) is 10.8 Å². The number of aliphatic hydroxyl groups excluding tert-OH is 1. The van der Waals surface area contributed by atoms with Gasteiger partial charge < -0.3 is 37.0 Å². The van der Waals surface area contributed by atoms with Crippen molar-refractivity contribution in [3.63, 3.8) is 0 Å². The minimum absolute atomic E-state index is 0.166. The fraction of sp³-hybridized carbons (Fsp3) is 0.750. The Morgan fingerprint density at radius 3 is 1.94 bits per heavy atom. The van der Waals surface area contributed by atoms with E-state index in [2.05, 4.69) is 16.0 Å². The third-order valence-corrected chi connectivity index (χ3v) is 5.73. The fourth-order valence-electron chi connectivity index (χ4n) is 2.78. The molecule has 8 N–H and O–H groups in total. The molecule has 0 heterocycles. The van der Waals surface area contributed by atoms with Crippen LogP contribution in [0.2, 0.25) is 0 Å². The number of nitrogens with one attached hydrogen (secondary N) is 3. The molecule has 13 heteroatoms. The molecular formula is C20H36N4O8S. The van der Waals surface area contributed by atoms with Gasteiger partial charge in [0.1, 0.15) is 18.1 Å². The summed E-state index contributed by atoms with van der Waals surface area (Å²) in [6.45, 7) is 4.73. The molecule has 0 aromatic carbocycles. The lowest BCUT2D eigenvalue weighted by Gasteiger charge is -2.27. The number of amides is 3. The summed E-state index contributed by atoms with van der Waals surface area (Å²) >= 11 is 1.42. The molecular weight excluding hydrogens is 456 g/mol. The summed E-state index contributed by atoms with van der Waals surface area (Å²) < 4.78 is 0. The summed E-state index contributed by atoms with van der Waals surface area (Å²) in [5.74, 6) is -4.59. The van der Waals surface area contributed by atoms with E-state index >= 15 is 0 Å². The summed E-state index contributed by atoms with van der Waals surface area (Å²) in [5.41, 5.74) is 5.64. The van der Waals surface area contributed by atoms with Crippen molar-refractivity contribution >= 4 is 41.4 Å². The van der Waals surface area contributed by atoms with Crippen molar-refractivity contribution in [2.24, 2.45) is 11.7 Å². The highest BCUT2D eigenvalue weighted by atomic mass is 32.2. The molecule has 6 unspecified atom stereocenters. The number of aliphatic carboxylic acids is 2. The van der Waals surface area contributed by atoms with E-state index in [0.717, 1.165) is 0 Å². The molecule has 0 aliphatic rings. The van der Waals surface area contributed by atoms with Gasteiger partial charge in [-0.05, 0) is 37.7 Å². The topological polar surface area (TPSA) is 208 Å². The van der Waals surface area contributed by atoms with Gasteiger partial charge in [0.2, 0.25) is 17.7 Å². The highest BCUT2D eigenvalue weighted by molar-refractivity contribution is 7.98. The summed E-state index contributed by atoms with van der Waals surface area (Å²) in [6, 6.07) is -4.91. The summed E-state index contributed by atoms with van der Waals surface area (Å²) in [7, 11) is 0. The Morgan fingerprint density at radius 2 is 1.48 bits per heavy atom.